The lowest BCUT2D eigenvalue weighted by Gasteiger charge is -2.27. The quantitative estimate of drug-likeness (QED) is 0.611. The summed E-state index contributed by atoms with van der Waals surface area (Å²) in [7, 11) is 0. The Labute approximate surface area is 116 Å². The van der Waals surface area contributed by atoms with Gasteiger partial charge in [-0.3, -0.25) is 9.59 Å². The number of Topliss-reactive ketones (excluding diaryl/α,β-unsaturated/α-hetero) is 2. The number of fused-ring (bicyclic) bond motifs is 3. The van der Waals surface area contributed by atoms with Crippen LogP contribution in [0.1, 0.15) is 40.0 Å². The molecule has 0 saturated carbocycles. The van der Waals surface area contributed by atoms with E-state index in [9.17, 15) is 9.59 Å². The minimum Gasteiger partial charge on any atom is -0.360 e. The largest absolute Gasteiger partial charge is 0.360 e. The van der Waals surface area contributed by atoms with E-state index in [0.717, 1.165) is 6.42 Å². The fraction of sp³-hybridized carbons (Fsp3) is 0.294. The van der Waals surface area contributed by atoms with Gasteiger partial charge >= 0.3 is 0 Å². The van der Waals surface area contributed by atoms with Crippen molar-refractivity contribution in [1.82, 2.24) is 0 Å². The lowest BCUT2D eigenvalue weighted by molar-refractivity contribution is 0.0955. The number of carbonyl (C=O) groups excluding carboxylic acids is 2. The van der Waals surface area contributed by atoms with Crippen molar-refractivity contribution in [3.05, 3.63) is 59.2 Å². The van der Waals surface area contributed by atoms with Crippen molar-refractivity contribution in [2.45, 2.75) is 31.0 Å². The molecule has 2 aliphatic carbocycles. The zero-order valence-electron chi connectivity index (χ0n) is 11.0. The predicted molar refractivity (Wildman–Crippen MR) is 73.8 cm³/mol. The smallest absolute Gasteiger partial charge is 0.193 e. The van der Waals surface area contributed by atoms with Gasteiger partial charge in [-0.2, -0.15) is 0 Å². The summed E-state index contributed by atoms with van der Waals surface area (Å²) in [6.45, 7) is 3.75. The highest BCUT2D eigenvalue weighted by molar-refractivity contribution is 6.28. The second-order valence-electron chi connectivity index (χ2n) is 5.58. The van der Waals surface area contributed by atoms with E-state index in [-0.39, 0.29) is 17.7 Å². The van der Waals surface area contributed by atoms with Gasteiger partial charge in [0, 0.05) is 28.7 Å². The maximum Gasteiger partial charge on any atom is 0.193 e. The lowest BCUT2D eigenvalue weighted by Crippen LogP contribution is -2.35. The first-order valence-corrected chi connectivity index (χ1v) is 6.90. The van der Waals surface area contributed by atoms with Crippen LogP contribution in [0.15, 0.2) is 48.1 Å². The first kappa shape index (κ1) is 11.8. The molecule has 2 atom stereocenters. The topological polar surface area (TPSA) is 46.7 Å². The van der Waals surface area contributed by atoms with Crippen LogP contribution < -0.4 is 0 Å². The van der Waals surface area contributed by atoms with E-state index in [4.69, 9.17) is 4.74 Å². The van der Waals surface area contributed by atoms with Gasteiger partial charge in [0.2, 0.25) is 0 Å². The Bertz CT molecular complexity index is 698. The molecule has 1 aliphatic heterocycles. The van der Waals surface area contributed by atoms with Gasteiger partial charge in [-0.1, -0.05) is 30.3 Å². The molecule has 3 heteroatoms. The van der Waals surface area contributed by atoms with Crippen LogP contribution in [0.2, 0.25) is 0 Å². The highest BCUT2D eigenvalue weighted by atomic mass is 16.6. The third-order valence-electron chi connectivity index (χ3n) is 4.56. The molecule has 100 valence electrons. The summed E-state index contributed by atoms with van der Waals surface area (Å²) in [5.41, 5.74) is 1.72. The Morgan fingerprint density at radius 1 is 1.25 bits per heavy atom. The van der Waals surface area contributed by atoms with Crippen LogP contribution in [-0.2, 0) is 4.74 Å². The molecule has 4 rings (SSSR count). The zero-order valence-corrected chi connectivity index (χ0v) is 11.0. The molecular formula is C17H14O3. The van der Waals surface area contributed by atoms with Crippen molar-refractivity contribution in [3.63, 3.8) is 0 Å². The van der Waals surface area contributed by atoms with E-state index in [1.165, 1.54) is 0 Å². The van der Waals surface area contributed by atoms with Gasteiger partial charge in [-0.05, 0) is 12.8 Å². The third kappa shape index (κ3) is 1.28. The molecule has 0 aromatic heterocycles. The Morgan fingerprint density at radius 3 is 2.65 bits per heavy atom. The highest BCUT2D eigenvalue weighted by Gasteiger charge is 2.63. The molecule has 3 aliphatic rings. The monoisotopic (exact) mass is 266 g/mol. The van der Waals surface area contributed by atoms with Crippen molar-refractivity contribution in [1.29, 1.82) is 0 Å². The molecule has 0 amide bonds. The van der Waals surface area contributed by atoms with Crippen molar-refractivity contribution in [2.24, 2.45) is 0 Å². The van der Waals surface area contributed by atoms with Gasteiger partial charge in [-0.15, -0.1) is 6.58 Å². The fourth-order valence-electron chi connectivity index (χ4n) is 3.62. The molecule has 1 heterocycles. The van der Waals surface area contributed by atoms with E-state index in [1.54, 1.807) is 30.3 Å². The average Bonchev–Trinajstić information content (AvgIpc) is 3.18. The molecule has 20 heavy (non-hydrogen) atoms. The summed E-state index contributed by atoms with van der Waals surface area (Å²) < 4.78 is 5.81. The number of allylic oxidation sites excluding steroid dienone is 1. The number of ether oxygens (including phenoxy) is 1. The van der Waals surface area contributed by atoms with Crippen LogP contribution in [0.5, 0.6) is 0 Å². The van der Waals surface area contributed by atoms with Gasteiger partial charge in [-0.25, -0.2) is 0 Å². The van der Waals surface area contributed by atoms with Crippen LogP contribution in [0.4, 0.5) is 0 Å². The summed E-state index contributed by atoms with van der Waals surface area (Å²) in [6.07, 6.45) is 3.89. The first-order valence-electron chi connectivity index (χ1n) is 6.90. The summed E-state index contributed by atoms with van der Waals surface area (Å²) in [5.74, 6) is -0.0492. The number of hydrogen-bond donors (Lipinski definition) is 0. The van der Waals surface area contributed by atoms with E-state index in [2.05, 4.69) is 6.58 Å². The summed E-state index contributed by atoms with van der Waals surface area (Å²) >= 11 is 0. The van der Waals surface area contributed by atoms with Gasteiger partial charge < -0.3 is 4.74 Å². The molecule has 0 bridgehead atoms. The number of ketones is 2. The van der Waals surface area contributed by atoms with Crippen LogP contribution >= 0.6 is 0 Å². The van der Waals surface area contributed by atoms with Crippen LogP contribution in [0.3, 0.4) is 0 Å². The summed E-state index contributed by atoms with van der Waals surface area (Å²) in [6, 6.07) is 7.06. The van der Waals surface area contributed by atoms with Gasteiger partial charge in [0.15, 0.2) is 11.6 Å². The molecule has 3 nitrogen and oxygen atoms in total. The fourth-order valence-corrected chi connectivity index (χ4v) is 3.62. The normalized spacial score (nSPS) is 30.5. The molecule has 2 unspecified atom stereocenters. The number of epoxide rings is 1. The molecule has 1 saturated heterocycles. The van der Waals surface area contributed by atoms with E-state index >= 15 is 0 Å². The predicted octanol–water partition coefficient (Wildman–Crippen LogP) is 2.87. The van der Waals surface area contributed by atoms with Gasteiger partial charge in [0.05, 0.1) is 6.10 Å². The molecular weight excluding hydrogens is 252 g/mol. The van der Waals surface area contributed by atoms with Crippen molar-refractivity contribution in [3.8, 4) is 0 Å². The van der Waals surface area contributed by atoms with Gasteiger partial charge in [0.1, 0.15) is 5.60 Å². The standard InChI is InChI=1S/C17H14O3/c1-2-9-17-13(20-17)8-7-12-14(17)16(19)11-6-4-3-5-10(11)15(12)18/h2-6,13H,1,7-9H2. The van der Waals surface area contributed by atoms with Crippen LogP contribution in [-0.4, -0.2) is 23.3 Å². The van der Waals surface area contributed by atoms with E-state index in [0.29, 0.717) is 35.1 Å². The second kappa shape index (κ2) is 3.76. The molecule has 1 aromatic carbocycles. The van der Waals surface area contributed by atoms with Gasteiger partial charge in [0.25, 0.3) is 0 Å². The molecule has 1 aromatic rings. The molecule has 1 fully saturated rings. The second-order valence-corrected chi connectivity index (χ2v) is 5.58. The van der Waals surface area contributed by atoms with Crippen molar-refractivity contribution < 1.29 is 14.3 Å². The lowest BCUT2D eigenvalue weighted by atomic mass is 9.71. The summed E-state index contributed by atoms with van der Waals surface area (Å²) in [4.78, 5) is 25.4. The Kier molecular flexibility index (Phi) is 2.22. The Balaban J connectivity index is 1.93. The Hall–Kier alpha value is -2.00. The minimum absolute atomic E-state index is 0.00686. The SMILES string of the molecule is C=CCC12OC1CCC1=C2C(=O)c2ccccc2C1=O. The number of carbonyl (C=O) groups is 2. The van der Waals surface area contributed by atoms with Crippen LogP contribution in [0.25, 0.3) is 0 Å². The summed E-state index contributed by atoms with van der Waals surface area (Å²) in [5, 5.41) is 0. The maximum atomic E-state index is 12.8. The number of benzene rings is 1. The van der Waals surface area contributed by atoms with E-state index < -0.39 is 5.60 Å². The number of hydrogen-bond acceptors (Lipinski definition) is 3. The van der Waals surface area contributed by atoms with Crippen LogP contribution in [0, 0.1) is 0 Å². The average molecular weight is 266 g/mol. The molecule has 0 spiro atoms. The van der Waals surface area contributed by atoms with Crippen molar-refractivity contribution in [2.75, 3.05) is 0 Å². The molecule has 0 radical (unpaired) electrons. The number of rotatable bonds is 2. The first-order chi connectivity index (χ1) is 9.69. The van der Waals surface area contributed by atoms with E-state index in [1.807, 2.05) is 0 Å². The van der Waals surface area contributed by atoms with Crippen molar-refractivity contribution >= 4 is 11.6 Å². The third-order valence-corrected chi connectivity index (χ3v) is 4.56. The maximum absolute atomic E-state index is 12.8. The highest BCUT2D eigenvalue weighted by Crippen LogP contribution is 2.55. The minimum atomic E-state index is -0.574. The molecule has 0 N–H and O–H groups in total. The zero-order chi connectivity index (χ0) is 13.9. The Morgan fingerprint density at radius 2 is 1.95 bits per heavy atom.